The number of rotatable bonds is 4. The minimum Gasteiger partial charge on any atom is -0.261 e. The molecule has 1 saturated carbocycles. The van der Waals surface area contributed by atoms with Crippen LogP contribution in [0.25, 0.3) is 0 Å². The van der Waals surface area contributed by atoms with Crippen LogP contribution in [0.1, 0.15) is 24.1 Å². The average Bonchev–Trinajstić information content (AvgIpc) is 3.21. The Balaban J connectivity index is 1.92. The van der Waals surface area contributed by atoms with Crippen LogP contribution in [0.15, 0.2) is 42.6 Å². The van der Waals surface area contributed by atoms with Crippen LogP contribution < -0.4 is 0 Å². The molecule has 1 aliphatic carbocycles. The van der Waals surface area contributed by atoms with E-state index < -0.39 is 4.92 Å². The van der Waals surface area contributed by atoms with E-state index in [0.29, 0.717) is 0 Å². The lowest BCUT2D eigenvalue weighted by Crippen LogP contribution is -2.12. The smallest absolute Gasteiger partial charge is 0.261 e. The summed E-state index contributed by atoms with van der Waals surface area (Å²) in [5, 5.41) is 11.2. The van der Waals surface area contributed by atoms with Crippen LogP contribution >= 0.6 is 11.6 Å². The van der Waals surface area contributed by atoms with Gasteiger partial charge in [0.1, 0.15) is 5.02 Å². The van der Waals surface area contributed by atoms with Crippen LogP contribution in [0.2, 0.25) is 5.02 Å². The van der Waals surface area contributed by atoms with E-state index in [-0.39, 0.29) is 16.1 Å². The fourth-order valence-corrected chi connectivity index (χ4v) is 2.74. The summed E-state index contributed by atoms with van der Waals surface area (Å²) in [7, 11) is 0. The molecular weight excluding hydrogens is 276 g/mol. The third kappa shape index (κ3) is 2.39. The Morgan fingerprint density at radius 1 is 1.30 bits per heavy atom. The van der Waals surface area contributed by atoms with Gasteiger partial charge >= 0.3 is 0 Å². The molecule has 5 heteroatoms. The summed E-state index contributed by atoms with van der Waals surface area (Å²) in [6, 6.07) is 11.0. The molecule has 0 aliphatic heterocycles. The topological polar surface area (TPSA) is 56.0 Å². The number of nitro benzene ring substituents is 1. The molecular formula is C15H13ClN2O2. The van der Waals surface area contributed by atoms with E-state index in [1.807, 2.05) is 24.3 Å². The largest absolute Gasteiger partial charge is 0.288 e. The van der Waals surface area contributed by atoms with Crippen molar-refractivity contribution in [3.05, 3.63) is 69.0 Å². The van der Waals surface area contributed by atoms with Crippen molar-refractivity contribution in [2.75, 3.05) is 0 Å². The first-order chi connectivity index (χ1) is 9.61. The molecule has 0 spiro atoms. The standard InChI is InChI=1S/C15H13ClN2O2/c16-13-5-4-11(9-14(13)18(19)20)15(6-7-15)10-12-3-1-2-8-17-12/h1-5,8-9H,6-7,10H2. The predicted molar refractivity (Wildman–Crippen MR) is 77.0 cm³/mol. The zero-order chi connectivity index (χ0) is 14.2. The lowest BCUT2D eigenvalue weighted by molar-refractivity contribution is -0.384. The maximum Gasteiger partial charge on any atom is 0.288 e. The van der Waals surface area contributed by atoms with Gasteiger partial charge in [-0.1, -0.05) is 23.7 Å². The molecule has 0 atom stereocenters. The van der Waals surface area contributed by atoms with E-state index in [9.17, 15) is 10.1 Å². The van der Waals surface area contributed by atoms with Crippen LogP contribution in [-0.2, 0) is 11.8 Å². The summed E-state index contributed by atoms with van der Waals surface area (Å²) in [4.78, 5) is 14.9. The van der Waals surface area contributed by atoms with Gasteiger partial charge in [0.2, 0.25) is 0 Å². The van der Waals surface area contributed by atoms with Gasteiger partial charge in [0.05, 0.1) is 4.92 Å². The molecule has 4 nitrogen and oxygen atoms in total. The van der Waals surface area contributed by atoms with Crippen molar-refractivity contribution in [2.24, 2.45) is 0 Å². The molecule has 102 valence electrons. The average molecular weight is 289 g/mol. The lowest BCUT2D eigenvalue weighted by Gasteiger charge is -2.15. The van der Waals surface area contributed by atoms with E-state index in [4.69, 9.17) is 11.6 Å². The van der Waals surface area contributed by atoms with Gasteiger partial charge in [-0.3, -0.25) is 15.1 Å². The molecule has 3 rings (SSSR count). The molecule has 1 heterocycles. The number of halogens is 1. The van der Waals surface area contributed by atoms with Crippen LogP contribution in [-0.4, -0.2) is 9.91 Å². The molecule has 2 aromatic rings. The Kier molecular flexibility index (Phi) is 3.18. The monoisotopic (exact) mass is 288 g/mol. The number of hydrogen-bond acceptors (Lipinski definition) is 3. The second-order valence-corrected chi connectivity index (χ2v) is 5.61. The Morgan fingerprint density at radius 2 is 2.10 bits per heavy atom. The maximum absolute atomic E-state index is 11.0. The summed E-state index contributed by atoms with van der Waals surface area (Å²) in [5.74, 6) is 0. The summed E-state index contributed by atoms with van der Waals surface area (Å²) in [5.41, 5.74) is 1.97. The molecule has 1 fully saturated rings. The zero-order valence-electron chi connectivity index (χ0n) is 10.8. The molecule has 1 aromatic carbocycles. The summed E-state index contributed by atoms with van der Waals surface area (Å²) < 4.78 is 0. The summed E-state index contributed by atoms with van der Waals surface area (Å²) in [6.07, 6.45) is 4.65. The van der Waals surface area contributed by atoms with Crippen molar-refractivity contribution >= 4 is 17.3 Å². The van der Waals surface area contributed by atoms with Gasteiger partial charge in [-0.15, -0.1) is 0 Å². The highest BCUT2D eigenvalue weighted by molar-refractivity contribution is 6.32. The first kappa shape index (κ1) is 13.1. The van der Waals surface area contributed by atoms with Crippen LogP contribution in [0.5, 0.6) is 0 Å². The van der Waals surface area contributed by atoms with E-state index in [1.165, 1.54) is 0 Å². The third-order valence-electron chi connectivity index (χ3n) is 3.85. The van der Waals surface area contributed by atoms with E-state index >= 15 is 0 Å². The number of nitro groups is 1. The van der Waals surface area contributed by atoms with Gasteiger partial charge in [-0.25, -0.2) is 0 Å². The van der Waals surface area contributed by atoms with Crippen LogP contribution in [0.3, 0.4) is 0 Å². The molecule has 20 heavy (non-hydrogen) atoms. The summed E-state index contributed by atoms with van der Waals surface area (Å²) in [6.45, 7) is 0. The zero-order valence-corrected chi connectivity index (χ0v) is 11.5. The highest BCUT2D eigenvalue weighted by Gasteiger charge is 2.45. The summed E-state index contributed by atoms with van der Waals surface area (Å²) >= 11 is 5.87. The second kappa shape index (κ2) is 4.87. The third-order valence-corrected chi connectivity index (χ3v) is 4.17. The Labute approximate surface area is 121 Å². The van der Waals surface area contributed by atoms with Gasteiger partial charge in [-0.2, -0.15) is 0 Å². The fourth-order valence-electron chi connectivity index (χ4n) is 2.55. The van der Waals surface area contributed by atoms with Crippen molar-refractivity contribution in [3.63, 3.8) is 0 Å². The number of aromatic nitrogens is 1. The fraction of sp³-hybridized carbons (Fsp3) is 0.267. The van der Waals surface area contributed by atoms with Crippen molar-refractivity contribution in [1.29, 1.82) is 0 Å². The molecule has 0 radical (unpaired) electrons. The van der Waals surface area contributed by atoms with E-state index in [1.54, 1.807) is 18.3 Å². The second-order valence-electron chi connectivity index (χ2n) is 5.20. The molecule has 0 unspecified atom stereocenters. The number of pyridine rings is 1. The van der Waals surface area contributed by atoms with Gasteiger partial charge in [0.25, 0.3) is 5.69 Å². The van der Waals surface area contributed by atoms with Gasteiger partial charge in [0, 0.05) is 23.4 Å². The predicted octanol–water partition coefficient (Wildman–Crippen LogP) is 3.92. The first-order valence-electron chi connectivity index (χ1n) is 6.45. The minimum absolute atomic E-state index is 0.0102. The van der Waals surface area contributed by atoms with Crippen molar-refractivity contribution in [1.82, 2.24) is 4.98 Å². The molecule has 1 aliphatic rings. The Bertz CT molecular complexity index is 654. The minimum atomic E-state index is -0.428. The van der Waals surface area contributed by atoms with Crippen molar-refractivity contribution in [3.8, 4) is 0 Å². The van der Waals surface area contributed by atoms with Crippen molar-refractivity contribution < 1.29 is 4.92 Å². The molecule has 0 N–H and O–H groups in total. The molecule has 0 bridgehead atoms. The highest BCUT2D eigenvalue weighted by atomic mass is 35.5. The SMILES string of the molecule is O=[N+]([O-])c1cc(C2(Cc3ccccn3)CC2)ccc1Cl. The lowest BCUT2D eigenvalue weighted by atomic mass is 9.90. The van der Waals surface area contributed by atoms with Gasteiger partial charge < -0.3 is 0 Å². The molecule has 0 saturated heterocycles. The van der Waals surface area contributed by atoms with Gasteiger partial charge in [-0.05, 0) is 43.0 Å². The van der Waals surface area contributed by atoms with Crippen LogP contribution in [0.4, 0.5) is 5.69 Å². The van der Waals surface area contributed by atoms with E-state index in [2.05, 4.69) is 4.98 Å². The normalized spacial score (nSPS) is 15.8. The first-order valence-corrected chi connectivity index (χ1v) is 6.83. The van der Waals surface area contributed by atoms with Crippen molar-refractivity contribution in [2.45, 2.75) is 24.7 Å². The van der Waals surface area contributed by atoms with Crippen LogP contribution in [0, 0.1) is 10.1 Å². The molecule has 0 amide bonds. The van der Waals surface area contributed by atoms with Gasteiger partial charge in [0.15, 0.2) is 0 Å². The Hall–Kier alpha value is -1.94. The maximum atomic E-state index is 11.0. The number of hydrogen-bond donors (Lipinski definition) is 0. The Morgan fingerprint density at radius 3 is 2.70 bits per heavy atom. The highest BCUT2D eigenvalue weighted by Crippen LogP contribution is 2.51. The number of nitrogens with zero attached hydrogens (tertiary/aromatic N) is 2. The molecule has 1 aromatic heterocycles. The quantitative estimate of drug-likeness (QED) is 0.633. The number of benzene rings is 1. The van der Waals surface area contributed by atoms with E-state index in [0.717, 1.165) is 30.5 Å².